The molecule has 3 aliphatic rings. The molecule has 1 aliphatic heterocycles. The average molecular weight is 469 g/mol. The highest BCUT2D eigenvalue weighted by Gasteiger charge is 2.61. The van der Waals surface area contributed by atoms with Gasteiger partial charge in [-0.1, -0.05) is 11.6 Å². The van der Waals surface area contributed by atoms with Gasteiger partial charge in [0.15, 0.2) is 0 Å². The lowest BCUT2D eigenvalue weighted by Crippen LogP contribution is -2.70. The fraction of sp³-hybridized carbons (Fsp3) is 0.417. The summed E-state index contributed by atoms with van der Waals surface area (Å²) in [6.07, 6.45) is 3.58. The SMILES string of the molecule is Cc1c(C(=O)C(=O)NC23CCC2C(C#N)C3)c2n(c1C(=O)Nc1ccc(F)c(Cl)c1)CCC2. The molecule has 2 aliphatic carbocycles. The van der Waals surface area contributed by atoms with Crippen LogP contribution in [0.5, 0.6) is 0 Å². The molecule has 9 heteroatoms. The van der Waals surface area contributed by atoms with Crippen LogP contribution in [-0.2, 0) is 17.8 Å². The number of carbonyl (C=O) groups excluding carboxylic acids is 3. The second-order valence-electron chi connectivity index (χ2n) is 9.16. The van der Waals surface area contributed by atoms with Gasteiger partial charge >= 0.3 is 0 Å². The number of hydrogen-bond acceptors (Lipinski definition) is 4. The molecule has 0 bridgehead atoms. The number of amides is 2. The van der Waals surface area contributed by atoms with Crippen molar-refractivity contribution in [1.82, 2.24) is 9.88 Å². The molecule has 3 atom stereocenters. The third-order valence-corrected chi connectivity index (χ3v) is 7.73. The molecule has 33 heavy (non-hydrogen) atoms. The fourth-order valence-electron chi connectivity index (χ4n) is 5.69. The summed E-state index contributed by atoms with van der Waals surface area (Å²) < 4.78 is 15.2. The van der Waals surface area contributed by atoms with Crippen molar-refractivity contribution in [3.63, 3.8) is 0 Å². The van der Waals surface area contributed by atoms with Crippen LogP contribution >= 0.6 is 11.6 Å². The molecule has 0 spiro atoms. The minimum Gasteiger partial charge on any atom is -0.343 e. The lowest BCUT2D eigenvalue weighted by molar-refractivity contribution is -0.128. The number of anilines is 1. The fourth-order valence-corrected chi connectivity index (χ4v) is 5.87. The largest absolute Gasteiger partial charge is 0.343 e. The minimum absolute atomic E-state index is 0.0649. The van der Waals surface area contributed by atoms with E-state index in [9.17, 15) is 24.0 Å². The first-order chi connectivity index (χ1) is 15.8. The summed E-state index contributed by atoms with van der Waals surface area (Å²) in [5, 5.41) is 14.7. The Bertz CT molecular complexity index is 1260. The highest BCUT2D eigenvalue weighted by molar-refractivity contribution is 6.44. The number of benzene rings is 1. The van der Waals surface area contributed by atoms with E-state index in [0.29, 0.717) is 42.0 Å². The van der Waals surface area contributed by atoms with Crippen molar-refractivity contribution in [2.24, 2.45) is 11.8 Å². The number of Topliss-reactive ketones (excluding diaryl/α,β-unsaturated/α-hetero) is 1. The van der Waals surface area contributed by atoms with E-state index in [1.165, 1.54) is 12.1 Å². The number of halogens is 2. The van der Waals surface area contributed by atoms with Gasteiger partial charge in [-0.25, -0.2) is 4.39 Å². The second kappa shape index (κ2) is 7.70. The van der Waals surface area contributed by atoms with Crippen LogP contribution in [-0.4, -0.2) is 27.7 Å². The van der Waals surface area contributed by atoms with Crippen LogP contribution in [0.1, 0.15) is 57.8 Å². The second-order valence-corrected chi connectivity index (χ2v) is 9.56. The van der Waals surface area contributed by atoms with Gasteiger partial charge in [-0.3, -0.25) is 14.4 Å². The molecular formula is C24H22ClFN4O3. The average Bonchev–Trinajstić information content (AvgIpc) is 3.33. The van der Waals surface area contributed by atoms with Gasteiger partial charge in [0, 0.05) is 23.5 Å². The maximum Gasteiger partial charge on any atom is 0.292 e. The molecular weight excluding hydrogens is 447 g/mol. The Morgan fingerprint density at radius 3 is 2.76 bits per heavy atom. The van der Waals surface area contributed by atoms with Crippen molar-refractivity contribution in [3.8, 4) is 6.07 Å². The first-order valence-electron chi connectivity index (χ1n) is 11.0. The minimum atomic E-state index is -0.684. The van der Waals surface area contributed by atoms with Gasteiger partial charge < -0.3 is 15.2 Å². The number of nitriles is 1. The van der Waals surface area contributed by atoms with Crippen molar-refractivity contribution in [2.45, 2.75) is 51.1 Å². The molecule has 2 fully saturated rings. The van der Waals surface area contributed by atoms with Crippen LogP contribution in [0.4, 0.5) is 10.1 Å². The predicted octanol–water partition coefficient (Wildman–Crippen LogP) is 3.78. The van der Waals surface area contributed by atoms with E-state index in [4.69, 9.17) is 11.6 Å². The number of nitrogens with zero attached hydrogens (tertiary/aromatic N) is 2. The Morgan fingerprint density at radius 1 is 1.33 bits per heavy atom. The zero-order chi connectivity index (χ0) is 23.5. The Kier molecular flexibility index (Phi) is 5.05. The van der Waals surface area contributed by atoms with E-state index in [2.05, 4.69) is 16.7 Å². The monoisotopic (exact) mass is 468 g/mol. The molecule has 2 aromatic rings. The van der Waals surface area contributed by atoms with Gasteiger partial charge in [0.2, 0.25) is 0 Å². The first-order valence-corrected chi connectivity index (χ1v) is 11.4. The molecule has 170 valence electrons. The Hall–Kier alpha value is -3.18. The summed E-state index contributed by atoms with van der Waals surface area (Å²) in [6, 6.07) is 6.15. The van der Waals surface area contributed by atoms with Gasteiger partial charge in [0.25, 0.3) is 17.6 Å². The summed E-state index contributed by atoms with van der Waals surface area (Å²) in [6.45, 7) is 2.23. The topological polar surface area (TPSA) is 104 Å². The molecule has 1 aromatic carbocycles. The van der Waals surface area contributed by atoms with Crippen LogP contribution < -0.4 is 10.6 Å². The smallest absolute Gasteiger partial charge is 0.292 e. The molecule has 5 rings (SSSR count). The summed E-state index contributed by atoms with van der Waals surface area (Å²) in [7, 11) is 0. The molecule has 0 saturated heterocycles. The Labute approximate surface area is 194 Å². The number of hydrogen-bond donors (Lipinski definition) is 2. The third-order valence-electron chi connectivity index (χ3n) is 7.45. The van der Waals surface area contributed by atoms with Crippen molar-refractivity contribution in [2.75, 3.05) is 5.32 Å². The molecule has 2 amide bonds. The zero-order valence-electron chi connectivity index (χ0n) is 18.0. The van der Waals surface area contributed by atoms with E-state index in [1.54, 1.807) is 11.5 Å². The van der Waals surface area contributed by atoms with E-state index in [1.807, 2.05) is 0 Å². The Balaban J connectivity index is 1.40. The molecule has 1 aromatic heterocycles. The maximum absolute atomic E-state index is 13.4. The summed E-state index contributed by atoms with van der Waals surface area (Å²) in [5.41, 5.74) is 1.61. The zero-order valence-corrected chi connectivity index (χ0v) is 18.8. The molecule has 3 unspecified atom stereocenters. The highest BCUT2D eigenvalue weighted by Crippen LogP contribution is 2.57. The number of aromatic nitrogens is 1. The van der Waals surface area contributed by atoms with E-state index in [-0.39, 0.29) is 22.4 Å². The van der Waals surface area contributed by atoms with Crippen molar-refractivity contribution in [1.29, 1.82) is 5.26 Å². The van der Waals surface area contributed by atoms with Crippen molar-refractivity contribution >= 4 is 34.9 Å². The van der Waals surface area contributed by atoms with Gasteiger partial charge in [-0.15, -0.1) is 0 Å². The number of rotatable bonds is 5. The quantitative estimate of drug-likeness (QED) is 0.514. The van der Waals surface area contributed by atoms with Crippen molar-refractivity contribution in [3.05, 3.63) is 51.6 Å². The number of ketones is 1. The summed E-state index contributed by atoms with van der Waals surface area (Å²) in [4.78, 5) is 39.2. The van der Waals surface area contributed by atoms with Gasteiger partial charge in [0.1, 0.15) is 11.5 Å². The molecule has 0 radical (unpaired) electrons. The van der Waals surface area contributed by atoms with Crippen LogP contribution in [0, 0.1) is 35.9 Å². The number of fused-ring (bicyclic) bond motifs is 2. The molecule has 2 N–H and O–H groups in total. The van der Waals surface area contributed by atoms with E-state index >= 15 is 0 Å². The third kappa shape index (κ3) is 3.25. The summed E-state index contributed by atoms with van der Waals surface area (Å²) in [5.74, 6) is -2.33. The molecule has 2 heterocycles. The molecule has 7 nitrogen and oxygen atoms in total. The lowest BCUT2D eigenvalue weighted by Gasteiger charge is -2.61. The van der Waals surface area contributed by atoms with Gasteiger partial charge in [0.05, 0.1) is 22.6 Å². The maximum atomic E-state index is 13.4. The van der Waals surface area contributed by atoms with Crippen LogP contribution in [0.15, 0.2) is 18.2 Å². The van der Waals surface area contributed by atoms with Crippen LogP contribution in [0.3, 0.4) is 0 Å². The highest BCUT2D eigenvalue weighted by atomic mass is 35.5. The van der Waals surface area contributed by atoms with Crippen molar-refractivity contribution < 1.29 is 18.8 Å². The van der Waals surface area contributed by atoms with Gasteiger partial charge in [-0.2, -0.15) is 5.26 Å². The van der Waals surface area contributed by atoms with Gasteiger partial charge in [-0.05, 0) is 68.7 Å². The van der Waals surface area contributed by atoms with E-state index < -0.39 is 29.0 Å². The lowest BCUT2D eigenvalue weighted by atomic mass is 9.48. The number of carbonyl (C=O) groups is 3. The standard InChI is InChI=1S/C24H22ClFN4O3/c1-12-19(21(31)23(33)29-24-7-6-15(24)13(10-24)11-27)18-3-2-8-30(18)20(12)22(32)28-14-4-5-17(26)16(25)9-14/h4-5,9,13,15H,2-3,6-8,10H2,1H3,(H,28,32)(H,29,33). The normalized spacial score (nSPS) is 24.5. The number of nitrogens with one attached hydrogen (secondary N) is 2. The summed E-state index contributed by atoms with van der Waals surface area (Å²) >= 11 is 5.81. The molecule has 2 saturated carbocycles. The first kappa shape index (κ1) is 21.7. The van der Waals surface area contributed by atoms with Crippen LogP contribution in [0.25, 0.3) is 0 Å². The Morgan fingerprint density at radius 2 is 2.12 bits per heavy atom. The predicted molar refractivity (Wildman–Crippen MR) is 119 cm³/mol. The van der Waals surface area contributed by atoms with E-state index in [0.717, 1.165) is 25.3 Å². The van der Waals surface area contributed by atoms with Crippen LogP contribution in [0.2, 0.25) is 5.02 Å².